The van der Waals surface area contributed by atoms with Crippen molar-refractivity contribution in [2.75, 3.05) is 17.2 Å². The van der Waals surface area contributed by atoms with Gasteiger partial charge in [-0.3, -0.25) is 4.79 Å². The second kappa shape index (κ2) is 7.14. The first kappa shape index (κ1) is 17.5. The number of nitrogens with zero attached hydrogens (tertiary/aromatic N) is 2. The highest BCUT2D eigenvalue weighted by atomic mass is 35.5. The van der Waals surface area contributed by atoms with Crippen LogP contribution in [0.5, 0.6) is 0 Å². The first-order chi connectivity index (χ1) is 10.8. The number of amides is 1. The van der Waals surface area contributed by atoms with E-state index in [1.165, 1.54) is 11.3 Å². The maximum atomic E-state index is 12.5. The predicted octanol–water partition coefficient (Wildman–Crippen LogP) is 3.96. The molecule has 0 saturated heterocycles. The van der Waals surface area contributed by atoms with Gasteiger partial charge in [0.25, 0.3) is 0 Å². The van der Waals surface area contributed by atoms with Crippen LogP contribution in [0.3, 0.4) is 0 Å². The molecule has 0 saturated carbocycles. The van der Waals surface area contributed by atoms with Gasteiger partial charge in [0.15, 0.2) is 5.13 Å². The van der Waals surface area contributed by atoms with Crippen LogP contribution >= 0.6 is 22.9 Å². The quantitative estimate of drug-likeness (QED) is 0.842. The number of hydrogen-bond acceptors (Lipinski definition) is 5. The molecule has 0 aliphatic heterocycles. The normalized spacial score (nSPS) is 11.3. The van der Waals surface area contributed by atoms with Gasteiger partial charge in [0.2, 0.25) is 5.91 Å². The molecule has 0 bridgehead atoms. The summed E-state index contributed by atoms with van der Waals surface area (Å²) in [6, 6.07) is 0.787. The Bertz CT molecular complexity index is 705. The Morgan fingerprint density at radius 3 is 2.74 bits per heavy atom. The molecule has 0 aliphatic rings. The third-order valence-corrected chi connectivity index (χ3v) is 3.84. The zero-order valence-corrected chi connectivity index (χ0v) is 13.4. The molecule has 124 valence electrons. The molecule has 10 heteroatoms. The molecule has 0 unspecified atom stereocenters. The molecular weight excluding hydrogens is 353 g/mol. The van der Waals surface area contributed by atoms with Gasteiger partial charge in [-0.25, -0.2) is 9.97 Å². The SMILES string of the molecule is Cc1csc(NC(=O)CCNc2ncc(C(F)(F)F)cc2Cl)n1. The molecular formula is C13H12ClF3N4OS. The third-order valence-electron chi connectivity index (χ3n) is 2.68. The molecule has 2 heterocycles. The Hall–Kier alpha value is -1.87. The average Bonchev–Trinajstić information content (AvgIpc) is 2.84. The van der Waals surface area contributed by atoms with Crippen molar-refractivity contribution < 1.29 is 18.0 Å². The van der Waals surface area contributed by atoms with E-state index in [2.05, 4.69) is 20.6 Å². The second-order valence-corrected chi connectivity index (χ2v) is 5.84. The fourth-order valence-corrected chi connectivity index (χ4v) is 2.55. The van der Waals surface area contributed by atoms with Crippen LogP contribution in [-0.4, -0.2) is 22.4 Å². The molecule has 0 spiro atoms. The number of pyridine rings is 1. The number of carbonyl (C=O) groups excluding carboxylic acids is 1. The van der Waals surface area contributed by atoms with Crippen molar-refractivity contribution >= 4 is 39.8 Å². The highest BCUT2D eigenvalue weighted by Crippen LogP contribution is 2.32. The maximum absolute atomic E-state index is 12.5. The molecule has 0 aliphatic carbocycles. The lowest BCUT2D eigenvalue weighted by atomic mass is 10.2. The highest BCUT2D eigenvalue weighted by molar-refractivity contribution is 7.13. The van der Waals surface area contributed by atoms with Gasteiger partial charge in [0.1, 0.15) is 5.82 Å². The zero-order chi connectivity index (χ0) is 17.0. The number of hydrogen-bond donors (Lipinski definition) is 2. The summed E-state index contributed by atoms with van der Waals surface area (Å²) in [7, 11) is 0. The Labute approximate surface area is 138 Å². The van der Waals surface area contributed by atoms with Crippen molar-refractivity contribution in [2.45, 2.75) is 19.5 Å². The van der Waals surface area contributed by atoms with Gasteiger partial charge in [-0.2, -0.15) is 13.2 Å². The van der Waals surface area contributed by atoms with Gasteiger partial charge in [-0.05, 0) is 13.0 Å². The average molecular weight is 365 g/mol. The van der Waals surface area contributed by atoms with Crippen LogP contribution in [0.25, 0.3) is 0 Å². The highest BCUT2D eigenvalue weighted by Gasteiger charge is 2.31. The summed E-state index contributed by atoms with van der Waals surface area (Å²) in [5.41, 5.74) is -0.117. The zero-order valence-electron chi connectivity index (χ0n) is 11.9. The Morgan fingerprint density at radius 1 is 1.43 bits per heavy atom. The summed E-state index contributed by atoms with van der Waals surface area (Å²) in [6.07, 6.45) is -3.72. The van der Waals surface area contributed by atoms with Gasteiger partial charge in [0, 0.05) is 24.5 Å². The van der Waals surface area contributed by atoms with E-state index in [0.29, 0.717) is 11.3 Å². The first-order valence-corrected chi connectivity index (χ1v) is 7.70. The summed E-state index contributed by atoms with van der Waals surface area (Å²) in [4.78, 5) is 19.4. The van der Waals surface area contributed by atoms with Crippen LogP contribution in [0.2, 0.25) is 5.02 Å². The number of carbonyl (C=O) groups is 1. The lowest BCUT2D eigenvalue weighted by Gasteiger charge is -2.10. The predicted molar refractivity (Wildman–Crippen MR) is 82.8 cm³/mol. The van der Waals surface area contributed by atoms with Crippen molar-refractivity contribution in [3.8, 4) is 0 Å². The number of alkyl halides is 3. The summed E-state index contributed by atoms with van der Waals surface area (Å²) >= 11 is 7.06. The lowest BCUT2D eigenvalue weighted by Crippen LogP contribution is -2.17. The molecule has 2 aromatic rings. The number of thiazole rings is 1. The van der Waals surface area contributed by atoms with Gasteiger partial charge >= 0.3 is 6.18 Å². The van der Waals surface area contributed by atoms with Crippen LogP contribution in [0.1, 0.15) is 17.7 Å². The Balaban J connectivity index is 1.85. The molecule has 23 heavy (non-hydrogen) atoms. The van der Waals surface area contributed by atoms with Crippen molar-refractivity contribution in [1.29, 1.82) is 0 Å². The van der Waals surface area contributed by atoms with Crippen LogP contribution in [-0.2, 0) is 11.0 Å². The van der Waals surface area contributed by atoms with Crippen molar-refractivity contribution in [1.82, 2.24) is 9.97 Å². The Kier molecular flexibility index (Phi) is 5.42. The largest absolute Gasteiger partial charge is 0.417 e. The van der Waals surface area contributed by atoms with E-state index in [9.17, 15) is 18.0 Å². The standard InChI is InChI=1S/C13H12ClF3N4OS/c1-7-6-23-12(20-7)21-10(22)2-3-18-11-9(14)4-8(5-19-11)13(15,16)17/h4-6H,2-3H2,1H3,(H,18,19)(H,20,21,22). The van der Waals surface area contributed by atoms with Crippen molar-refractivity contribution in [3.05, 3.63) is 33.9 Å². The molecule has 0 aromatic carbocycles. The molecule has 2 N–H and O–H groups in total. The number of halogens is 4. The first-order valence-electron chi connectivity index (χ1n) is 6.44. The van der Waals surface area contributed by atoms with E-state index >= 15 is 0 Å². The van der Waals surface area contributed by atoms with Gasteiger partial charge in [0.05, 0.1) is 16.3 Å². The smallest absolute Gasteiger partial charge is 0.368 e. The van der Waals surface area contributed by atoms with E-state index in [-0.39, 0.29) is 29.7 Å². The molecule has 5 nitrogen and oxygen atoms in total. The van der Waals surface area contributed by atoms with E-state index in [1.807, 2.05) is 6.92 Å². The molecule has 1 amide bonds. The van der Waals surface area contributed by atoms with E-state index < -0.39 is 11.7 Å². The van der Waals surface area contributed by atoms with Crippen molar-refractivity contribution in [3.63, 3.8) is 0 Å². The number of rotatable bonds is 5. The fourth-order valence-electron chi connectivity index (χ4n) is 1.61. The minimum Gasteiger partial charge on any atom is -0.368 e. The topological polar surface area (TPSA) is 66.9 Å². The molecule has 2 aromatic heterocycles. The van der Waals surface area contributed by atoms with Gasteiger partial charge in [-0.1, -0.05) is 11.6 Å². The lowest BCUT2D eigenvalue weighted by molar-refractivity contribution is -0.137. The van der Waals surface area contributed by atoms with Crippen molar-refractivity contribution in [2.24, 2.45) is 0 Å². The summed E-state index contributed by atoms with van der Waals surface area (Å²) < 4.78 is 37.5. The molecule has 0 atom stereocenters. The number of anilines is 2. The minimum absolute atomic E-state index is 0.0949. The minimum atomic E-state index is -4.50. The molecule has 0 radical (unpaired) electrons. The van der Waals surface area contributed by atoms with Crippen LogP contribution in [0, 0.1) is 6.92 Å². The number of aromatic nitrogens is 2. The van der Waals surface area contributed by atoms with Crippen LogP contribution < -0.4 is 10.6 Å². The number of nitrogens with one attached hydrogen (secondary N) is 2. The van der Waals surface area contributed by atoms with E-state index in [1.54, 1.807) is 5.38 Å². The summed E-state index contributed by atoms with van der Waals surface area (Å²) in [5, 5.41) is 7.49. The van der Waals surface area contributed by atoms with E-state index in [4.69, 9.17) is 11.6 Å². The monoisotopic (exact) mass is 364 g/mol. The molecule has 0 fully saturated rings. The maximum Gasteiger partial charge on any atom is 0.417 e. The fraction of sp³-hybridized carbons (Fsp3) is 0.308. The number of aryl methyl sites for hydroxylation is 1. The van der Waals surface area contributed by atoms with Gasteiger partial charge in [-0.15, -0.1) is 11.3 Å². The van der Waals surface area contributed by atoms with Crippen LogP contribution in [0.4, 0.5) is 24.1 Å². The Morgan fingerprint density at radius 2 is 2.17 bits per heavy atom. The third kappa shape index (κ3) is 5.07. The second-order valence-electron chi connectivity index (χ2n) is 4.57. The molecule has 2 rings (SSSR count). The van der Waals surface area contributed by atoms with Gasteiger partial charge < -0.3 is 10.6 Å². The van der Waals surface area contributed by atoms with E-state index in [0.717, 1.165) is 11.8 Å². The summed E-state index contributed by atoms with van der Waals surface area (Å²) in [6.45, 7) is 1.99. The van der Waals surface area contributed by atoms with Crippen LogP contribution in [0.15, 0.2) is 17.6 Å². The summed E-state index contributed by atoms with van der Waals surface area (Å²) in [5.74, 6) is -0.174.